The van der Waals surface area contributed by atoms with Crippen molar-refractivity contribution in [3.05, 3.63) is 17.2 Å². The fourth-order valence-electron chi connectivity index (χ4n) is 1.34. The number of hydrogen-bond donors (Lipinski definition) is 1. The average Bonchev–Trinajstić information content (AvgIpc) is 2.30. The number of fused-ring (bicyclic) bond motifs is 1. The molecule has 0 atom stereocenters. The number of ether oxygens (including phenoxy) is 2. The van der Waals surface area contributed by atoms with Gasteiger partial charge in [0.25, 0.3) is 0 Å². The molecular formula is C9H9BrClNO4S. The first-order chi connectivity index (χ1) is 8.02. The van der Waals surface area contributed by atoms with E-state index in [2.05, 4.69) is 20.7 Å². The Balaban J connectivity index is 2.35. The topological polar surface area (TPSA) is 64.6 Å². The highest BCUT2D eigenvalue weighted by molar-refractivity contribution is 9.10. The zero-order chi connectivity index (χ0) is 12.5. The number of hydrogen-bond acceptors (Lipinski definition) is 4. The number of anilines is 1. The molecule has 0 amide bonds. The summed E-state index contributed by atoms with van der Waals surface area (Å²) in [6.07, 6.45) is 0. The van der Waals surface area contributed by atoms with Gasteiger partial charge in [-0.1, -0.05) is 27.5 Å². The number of halogens is 2. The van der Waals surface area contributed by atoms with Gasteiger partial charge in [0.15, 0.2) is 11.5 Å². The molecule has 94 valence electrons. The Labute approximate surface area is 112 Å². The van der Waals surface area contributed by atoms with Crippen molar-refractivity contribution in [2.75, 3.05) is 22.6 Å². The lowest BCUT2D eigenvalue weighted by molar-refractivity contribution is 0.171. The molecule has 0 saturated carbocycles. The highest BCUT2D eigenvalue weighted by Gasteiger charge is 2.17. The van der Waals surface area contributed by atoms with Crippen LogP contribution >= 0.6 is 27.5 Å². The lowest BCUT2D eigenvalue weighted by Gasteiger charge is -2.20. The molecule has 0 spiro atoms. The van der Waals surface area contributed by atoms with E-state index in [1.54, 1.807) is 0 Å². The van der Waals surface area contributed by atoms with Crippen molar-refractivity contribution < 1.29 is 17.9 Å². The molecule has 1 heterocycles. The van der Waals surface area contributed by atoms with Crippen LogP contribution in [0.5, 0.6) is 11.5 Å². The maximum atomic E-state index is 11.4. The van der Waals surface area contributed by atoms with E-state index in [0.717, 1.165) is 0 Å². The zero-order valence-corrected chi connectivity index (χ0v) is 11.7. The van der Waals surface area contributed by atoms with Gasteiger partial charge in [0, 0.05) is 12.1 Å². The Morgan fingerprint density at radius 1 is 1.29 bits per heavy atom. The molecule has 0 saturated heterocycles. The fraction of sp³-hybridized carbons (Fsp3) is 0.333. The van der Waals surface area contributed by atoms with Gasteiger partial charge in [-0.25, -0.2) is 8.42 Å². The third-order valence-corrected chi connectivity index (χ3v) is 4.98. The first-order valence-corrected chi connectivity index (χ1v) is 7.82. The van der Waals surface area contributed by atoms with Crippen molar-refractivity contribution >= 4 is 43.2 Å². The normalized spacial score (nSPS) is 14.5. The third-order valence-electron chi connectivity index (χ3n) is 2.04. The van der Waals surface area contributed by atoms with Crippen molar-refractivity contribution in [3.8, 4) is 11.5 Å². The van der Waals surface area contributed by atoms with Gasteiger partial charge in [-0.2, -0.15) is 0 Å². The Hall–Kier alpha value is -0.660. The molecular weight excluding hydrogens is 334 g/mol. The van der Waals surface area contributed by atoms with E-state index in [-0.39, 0.29) is 15.4 Å². The fourth-order valence-corrected chi connectivity index (χ4v) is 2.50. The molecule has 1 N–H and O–H groups in total. The van der Waals surface area contributed by atoms with Gasteiger partial charge >= 0.3 is 0 Å². The van der Waals surface area contributed by atoms with E-state index < -0.39 is 10.0 Å². The second-order valence-electron chi connectivity index (χ2n) is 3.30. The lowest BCUT2D eigenvalue weighted by Crippen LogP contribution is -2.17. The number of nitrogens with one attached hydrogen (secondary N) is 1. The summed E-state index contributed by atoms with van der Waals surface area (Å²) in [7, 11) is -3.44. The Bertz CT molecular complexity index is 534. The minimum absolute atomic E-state index is 0.204. The van der Waals surface area contributed by atoms with Gasteiger partial charge < -0.3 is 9.47 Å². The predicted molar refractivity (Wildman–Crippen MR) is 68.8 cm³/mol. The van der Waals surface area contributed by atoms with Crippen LogP contribution in [0.2, 0.25) is 5.02 Å². The predicted octanol–water partition coefficient (Wildman–Crippen LogP) is 2.21. The van der Waals surface area contributed by atoms with Crippen molar-refractivity contribution in [3.63, 3.8) is 0 Å². The van der Waals surface area contributed by atoms with Gasteiger partial charge in [-0.3, -0.25) is 4.72 Å². The third kappa shape index (κ3) is 2.97. The molecule has 0 radical (unpaired) electrons. The van der Waals surface area contributed by atoms with Crippen molar-refractivity contribution in [1.82, 2.24) is 0 Å². The van der Waals surface area contributed by atoms with E-state index in [1.807, 2.05) is 0 Å². The van der Waals surface area contributed by atoms with Crippen molar-refractivity contribution in [1.29, 1.82) is 0 Å². The molecule has 0 unspecified atom stereocenters. The summed E-state index contributed by atoms with van der Waals surface area (Å²) < 4.78 is 35.6. The number of benzene rings is 1. The van der Waals surface area contributed by atoms with Crippen LogP contribution in [0.25, 0.3) is 0 Å². The minimum Gasteiger partial charge on any atom is -0.486 e. The van der Waals surface area contributed by atoms with Crippen molar-refractivity contribution in [2.45, 2.75) is 0 Å². The van der Waals surface area contributed by atoms with E-state index in [9.17, 15) is 8.42 Å². The summed E-state index contributed by atoms with van der Waals surface area (Å²) in [6, 6.07) is 3.04. The molecule has 1 aromatic carbocycles. The smallest absolute Gasteiger partial charge is 0.242 e. The molecule has 17 heavy (non-hydrogen) atoms. The second kappa shape index (κ2) is 4.91. The van der Waals surface area contributed by atoms with Crippen LogP contribution in [0.1, 0.15) is 0 Å². The quantitative estimate of drug-likeness (QED) is 0.855. The van der Waals surface area contributed by atoms with E-state index in [1.165, 1.54) is 12.1 Å². The largest absolute Gasteiger partial charge is 0.486 e. The van der Waals surface area contributed by atoms with Crippen molar-refractivity contribution in [2.24, 2.45) is 0 Å². The molecule has 0 aliphatic carbocycles. The zero-order valence-electron chi connectivity index (χ0n) is 8.57. The summed E-state index contributed by atoms with van der Waals surface area (Å²) in [5.74, 6) is 0.996. The molecule has 1 aliphatic heterocycles. The Morgan fingerprint density at radius 2 is 1.88 bits per heavy atom. The number of alkyl halides is 1. The molecule has 5 nitrogen and oxygen atoms in total. The molecule has 8 heteroatoms. The van der Waals surface area contributed by atoms with Gasteiger partial charge in [0.1, 0.15) is 17.9 Å². The van der Waals surface area contributed by atoms with Gasteiger partial charge in [0.05, 0.1) is 10.7 Å². The highest BCUT2D eigenvalue weighted by atomic mass is 79.9. The number of rotatable bonds is 3. The van der Waals surface area contributed by atoms with Crippen LogP contribution in [0, 0.1) is 0 Å². The molecule has 0 bridgehead atoms. The Kier molecular flexibility index (Phi) is 3.70. The van der Waals surface area contributed by atoms with Crippen LogP contribution < -0.4 is 14.2 Å². The van der Waals surface area contributed by atoms with Crippen LogP contribution in [0.3, 0.4) is 0 Å². The maximum absolute atomic E-state index is 11.4. The summed E-state index contributed by atoms with van der Waals surface area (Å²) in [4.78, 5) is 0. The molecule has 0 fully saturated rings. The average molecular weight is 343 g/mol. The van der Waals surface area contributed by atoms with Gasteiger partial charge in [0.2, 0.25) is 10.0 Å². The Morgan fingerprint density at radius 3 is 2.47 bits per heavy atom. The lowest BCUT2D eigenvalue weighted by atomic mass is 10.2. The van der Waals surface area contributed by atoms with E-state index >= 15 is 0 Å². The summed E-state index contributed by atoms with van der Waals surface area (Å²) >= 11 is 8.82. The number of sulfonamides is 1. The van der Waals surface area contributed by atoms with Crippen LogP contribution in [-0.2, 0) is 10.0 Å². The first-order valence-electron chi connectivity index (χ1n) is 4.67. The van der Waals surface area contributed by atoms with Gasteiger partial charge in [-0.15, -0.1) is 0 Å². The standard InChI is InChI=1S/C9H9BrClNO4S/c10-5-17(13,14)12-7-4-9-8(3-6(7)11)15-1-2-16-9/h3-4,12H,1-2,5H2. The maximum Gasteiger partial charge on any atom is 0.242 e. The SMILES string of the molecule is O=S(=O)(CBr)Nc1cc2c(cc1Cl)OCCO2. The monoisotopic (exact) mass is 341 g/mol. The molecule has 1 aromatic rings. The molecule has 1 aliphatic rings. The highest BCUT2D eigenvalue weighted by Crippen LogP contribution is 2.38. The van der Waals surface area contributed by atoms with Gasteiger partial charge in [-0.05, 0) is 0 Å². The molecule has 0 aromatic heterocycles. The summed E-state index contributed by atoms with van der Waals surface area (Å²) in [6.45, 7) is 0.884. The van der Waals surface area contributed by atoms with E-state index in [4.69, 9.17) is 21.1 Å². The summed E-state index contributed by atoms with van der Waals surface area (Å²) in [5, 5.41) is 0.263. The van der Waals surface area contributed by atoms with Crippen LogP contribution in [0.15, 0.2) is 12.1 Å². The van der Waals surface area contributed by atoms with Crippen LogP contribution in [0.4, 0.5) is 5.69 Å². The summed E-state index contributed by atoms with van der Waals surface area (Å²) in [5.41, 5.74) is 0.273. The molecule has 2 rings (SSSR count). The first kappa shape index (κ1) is 12.8. The second-order valence-corrected chi connectivity index (χ2v) is 6.73. The van der Waals surface area contributed by atoms with E-state index in [0.29, 0.717) is 24.7 Å². The minimum atomic E-state index is -3.44. The van der Waals surface area contributed by atoms with Crippen LogP contribution in [-0.4, -0.2) is 26.3 Å².